The molecule has 0 saturated heterocycles. The molecular formula is C27H35N5O9. The van der Waals surface area contributed by atoms with Crippen LogP contribution in [0.3, 0.4) is 0 Å². The molecular weight excluding hydrogens is 538 g/mol. The van der Waals surface area contributed by atoms with Gasteiger partial charge in [0.2, 0.25) is 23.6 Å². The Labute approximate surface area is 235 Å². The maximum atomic E-state index is 13.3. The fourth-order valence-corrected chi connectivity index (χ4v) is 3.73. The van der Waals surface area contributed by atoms with Gasteiger partial charge in [0.15, 0.2) is 0 Å². The van der Waals surface area contributed by atoms with Crippen molar-refractivity contribution in [3.63, 3.8) is 0 Å². The Morgan fingerprint density at radius 1 is 0.732 bits per heavy atom. The number of aliphatic carboxylic acids is 1. The Bertz CT molecular complexity index is 1220. The molecule has 0 aliphatic heterocycles. The van der Waals surface area contributed by atoms with Crippen molar-refractivity contribution < 1.29 is 44.4 Å². The number of rotatable bonds is 15. The highest BCUT2D eigenvalue weighted by molar-refractivity contribution is 5.94. The first kappa shape index (κ1) is 32.5. The first-order valence-electron chi connectivity index (χ1n) is 12.7. The van der Waals surface area contributed by atoms with Gasteiger partial charge in [0.05, 0.1) is 6.10 Å². The SMILES string of the molecule is CC(O)C(N)C(=O)NC(Cc1ccc(O)cc1)C(=O)NC(CCC(N)=O)C(=O)NC(Cc1ccc(O)cc1)C(=O)O. The van der Waals surface area contributed by atoms with Crippen LogP contribution in [0.5, 0.6) is 11.5 Å². The Hall–Kier alpha value is -4.69. The van der Waals surface area contributed by atoms with Gasteiger partial charge in [-0.2, -0.15) is 0 Å². The normalized spacial score (nSPS) is 14.5. The average Bonchev–Trinajstić information content (AvgIpc) is 2.91. The van der Waals surface area contributed by atoms with Gasteiger partial charge in [-0.15, -0.1) is 0 Å². The van der Waals surface area contributed by atoms with Crippen LogP contribution in [0.25, 0.3) is 0 Å². The van der Waals surface area contributed by atoms with E-state index in [-0.39, 0.29) is 37.2 Å². The van der Waals surface area contributed by atoms with Crippen molar-refractivity contribution in [3.8, 4) is 11.5 Å². The maximum absolute atomic E-state index is 13.3. The molecule has 0 spiro atoms. The van der Waals surface area contributed by atoms with Gasteiger partial charge in [-0.25, -0.2) is 4.79 Å². The van der Waals surface area contributed by atoms with E-state index in [1.54, 1.807) is 0 Å². The lowest BCUT2D eigenvalue weighted by atomic mass is 10.0. The van der Waals surface area contributed by atoms with E-state index in [4.69, 9.17) is 11.5 Å². The van der Waals surface area contributed by atoms with Crippen molar-refractivity contribution in [1.82, 2.24) is 16.0 Å². The summed E-state index contributed by atoms with van der Waals surface area (Å²) in [5.74, 6) is -4.82. The number of hydrogen-bond donors (Lipinski definition) is 9. The lowest BCUT2D eigenvalue weighted by molar-refractivity contribution is -0.142. The van der Waals surface area contributed by atoms with Crippen LogP contribution in [-0.4, -0.2) is 80.3 Å². The summed E-state index contributed by atoms with van der Waals surface area (Å²) in [6, 6.07) is 5.93. The fraction of sp³-hybridized carbons (Fsp3) is 0.370. The predicted octanol–water partition coefficient (Wildman–Crippen LogP) is -1.60. The summed E-state index contributed by atoms with van der Waals surface area (Å²) in [5.41, 5.74) is 11.9. The highest BCUT2D eigenvalue weighted by Gasteiger charge is 2.31. The van der Waals surface area contributed by atoms with E-state index in [0.29, 0.717) is 11.1 Å². The van der Waals surface area contributed by atoms with Crippen LogP contribution in [0.2, 0.25) is 0 Å². The number of amides is 4. The molecule has 0 aliphatic carbocycles. The molecule has 2 aromatic rings. The number of aliphatic hydroxyl groups is 1. The molecule has 0 bridgehead atoms. The van der Waals surface area contributed by atoms with Crippen LogP contribution >= 0.6 is 0 Å². The van der Waals surface area contributed by atoms with Crippen LogP contribution in [0.15, 0.2) is 48.5 Å². The second kappa shape index (κ2) is 15.2. The second-order valence-corrected chi connectivity index (χ2v) is 9.53. The zero-order chi connectivity index (χ0) is 30.7. The Morgan fingerprint density at radius 3 is 1.59 bits per heavy atom. The number of nitrogens with one attached hydrogen (secondary N) is 3. The molecule has 222 valence electrons. The smallest absolute Gasteiger partial charge is 0.326 e. The standard InChI is InChI=1S/C27H35N5O9/c1-14(33)23(29)26(39)31-20(12-15-2-6-17(34)7-3-15)25(38)30-19(10-11-22(28)36)24(37)32-21(27(40)41)13-16-4-8-18(35)9-5-16/h2-9,14,19-21,23,33-35H,10-13,29H2,1H3,(H2,28,36)(H,30,38)(H,31,39)(H,32,37)(H,40,41). The molecule has 14 nitrogen and oxygen atoms in total. The van der Waals surface area contributed by atoms with Gasteiger partial charge in [0, 0.05) is 19.3 Å². The minimum absolute atomic E-state index is 0.0257. The Balaban J connectivity index is 2.26. The number of phenols is 2. The number of primary amides is 1. The highest BCUT2D eigenvalue weighted by atomic mass is 16.4. The zero-order valence-corrected chi connectivity index (χ0v) is 22.3. The third kappa shape index (κ3) is 10.8. The number of hydrogen-bond acceptors (Lipinski definition) is 9. The summed E-state index contributed by atoms with van der Waals surface area (Å²) in [6.07, 6.45) is -2.08. The topological polar surface area (TPSA) is 254 Å². The molecule has 41 heavy (non-hydrogen) atoms. The molecule has 14 heteroatoms. The Kier molecular flexibility index (Phi) is 12.0. The van der Waals surface area contributed by atoms with E-state index in [9.17, 15) is 44.4 Å². The summed E-state index contributed by atoms with van der Waals surface area (Å²) in [6.45, 7) is 1.29. The van der Waals surface area contributed by atoms with Gasteiger partial charge >= 0.3 is 5.97 Å². The molecule has 0 aliphatic rings. The number of carbonyl (C=O) groups is 5. The summed E-state index contributed by atoms with van der Waals surface area (Å²) in [7, 11) is 0. The van der Waals surface area contributed by atoms with Crippen LogP contribution in [-0.2, 0) is 36.8 Å². The van der Waals surface area contributed by atoms with Gasteiger partial charge in [-0.05, 0) is 48.7 Å². The molecule has 0 fully saturated rings. The zero-order valence-electron chi connectivity index (χ0n) is 22.3. The summed E-state index contributed by atoms with van der Waals surface area (Å²) < 4.78 is 0. The minimum atomic E-state index is -1.42. The van der Waals surface area contributed by atoms with Crippen molar-refractivity contribution in [3.05, 3.63) is 59.7 Å². The Morgan fingerprint density at radius 2 is 1.15 bits per heavy atom. The molecule has 4 amide bonds. The summed E-state index contributed by atoms with van der Waals surface area (Å²) in [4.78, 5) is 62.3. The first-order valence-corrected chi connectivity index (χ1v) is 12.7. The molecule has 0 radical (unpaired) electrons. The van der Waals surface area contributed by atoms with Crippen molar-refractivity contribution >= 4 is 29.6 Å². The van der Waals surface area contributed by atoms with E-state index in [1.807, 2.05) is 0 Å². The number of aromatic hydroxyl groups is 2. The molecule has 5 unspecified atom stereocenters. The van der Waals surface area contributed by atoms with E-state index < -0.39 is 59.9 Å². The second-order valence-electron chi connectivity index (χ2n) is 9.53. The van der Waals surface area contributed by atoms with Gasteiger partial charge < -0.3 is 47.8 Å². The molecule has 2 aromatic carbocycles. The van der Waals surface area contributed by atoms with Gasteiger partial charge in [0.25, 0.3) is 0 Å². The number of nitrogens with two attached hydrogens (primary N) is 2. The highest BCUT2D eigenvalue weighted by Crippen LogP contribution is 2.13. The van der Waals surface area contributed by atoms with Crippen molar-refractivity contribution in [2.75, 3.05) is 0 Å². The first-order chi connectivity index (χ1) is 19.3. The lowest BCUT2D eigenvalue weighted by Crippen LogP contribution is -2.58. The van der Waals surface area contributed by atoms with Crippen molar-refractivity contribution in [2.24, 2.45) is 11.5 Å². The molecule has 0 heterocycles. The number of benzene rings is 2. The quantitative estimate of drug-likeness (QED) is 0.118. The van der Waals surface area contributed by atoms with Gasteiger partial charge in [-0.1, -0.05) is 24.3 Å². The molecule has 2 rings (SSSR count). The number of carbonyl (C=O) groups excluding carboxylic acids is 4. The minimum Gasteiger partial charge on any atom is -0.508 e. The van der Waals surface area contributed by atoms with E-state index in [1.165, 1.54) is 55.5 Å². The number of carboxylic acid groups (broad SMARTS) is 1. The number of aliphatic hydroxyl groups excluding tert-OH is 1. The monoisotopic (exact) mass is 573 g/mol. The van der Waals surface area contributed by atoms with Crippen LogP contribution in [0.1, 0.15) is 30.9 Å². The molecule has 0 saturated carbocycles. The third-order valence-electron chi connectivity index (χ3n) is 6.13. The maximum Gasteiger partial charge on any atom is 0.326 e. The van der Waals surface area contributed by atoms with Gasteiger partial charge in [-0.3, -0.25) is 19.2 Å². The predicted molar refractivity (Wildman–Crippen MR) is 145 cm³/mol. The fourth-order valence-electron chi connectivity index (χ4n) is 3.73. The van der Waals surface area contributed by atoms with Crippen molar-refractivity contribution in [1.29, 1.82) is 0 Å². The number of carboxylic acids is 1. The molecule has 11 N–H and O–H groups in total. The molecule has 0 aromatic heterocycles. The van der Waals surface area contributed by atoms with Crippen LogP contribution in [0.4, 0.5) is 0 Å². The lowest BCUT2D eigenvalue weighted by Gasteiger charge is -2.25. The third-order valence-corrected chi connectivity index (χ3v) is 6.13. The van der Waals surface area contributed by atoms with E-state index in [2.05, 4.69) is 16.0 Å². The summed E-state index contributed by atoms with van der Waals surface area (Å²) in [5, 5.41) is 45.6. The van der Waals surface area contributed by atoms with Crippen LogP contribution < -0.4 is 27.4 Å². The average molecular weight is 574 g/mol. The number of phenolic OH excluding ortho intramolecular Hbond substituents is 2. The van der Waals surface area contributed by atoms with E-state index >= 15 is 0 Å². The van der Waals surface area contributed by atoms with E-state index in [0.717, 1.165) is 0 Å². The van der Waals surface area contributed by atoms with Gasteiger partial charge in [0.1, 0.15) is 35.7 Å². The largest absolute Gasteiger partial charge is 0.508 e. The van der Waals surface area contributed by atoms with Crippen molar-refractivity contribution in [2.45, 2.75) is 62.9 Å². The summed E-state index contributed by atoms with van der Waals surface area (Å²) >= 11 is 0. The van der Waals surface area contributed by atoms with Crippen LogP contribution in [0, 0.1) is 0 Å². The molecule has 5 atom stereocenters.